The summed E-state index contributed by atoms with van der Waals surface area (Å²) < 4.78 is 11.5. The number of methoxy groups -OCH3 is 1. The van der Waals surface area contributed by atoms with Gasteiger partial charge in [0.1, 0.15) is 0 Å². The van der Waals surface area contributed by atoms with Gasteiger partial charge in [0.25, 0.3) is 0 Å². The molecular weight excluding hydrogens is 316 g/mol. The number of rotatable bonds is 1. The van der Waals surface area contributed by atoms with Gasteiger partial charge in [-0.15, -0.1) is 0 Å². The van der Waals surface area contributed by atoms with E-state index in [2.05, 4.69) is 19.9 Å². The Hall–Kier alpha value is -0.940. The predicted molar refractivity (Wildman–Crippen MR) is 100 cm³/mol. The summed E-state index contributed by atoms with van der Waals surface area (Å²) in [7, 11) is 1.63. The maximum absolute atomic E-state index is 10.7. The minimum atomic E-state index is -0.886. The highest BCUT2D eigenvalue weighted by Gasteiger charge is 2.32. The van der Waals surface area contributed by atoms with E-state index < -0.39 is 17.3 Å². The second kappa shape index (κ2) is 8.17. The Morgan fingerprint density at radius 1 is 1.24 bits per heavy atom. The molecule has 2 N–H and O–H groups in total. The van der Waals surface area contributed by atoms with Crippen LogP contribution in [0.15, 0.2) is 34.9 Å². The number of ether oxygens (including phenoxy) is 2. The zero-order chi connectivity index (χ0) is 18.7. The molecule has 0 fully saturated rings. The topological polar surface area (TPSA) is 58.9 Å². The van der Waals surface area contributed by atoms with Crippen LogP contribution in [0, 0.1) is 0 Å². The molecule has 0 aromatic rings. The Kier molecular flexibility index (Phi) is 6.66. The van der Waals surface area contributed by atoms with E-state index in [0.717, 1.165) is 12.8 Å². The Labute approximate surface area is 152 Å². The van der Waals surface area contributed by atoms with E-state index in [1.54, 1.807) is 7.11 Å². The van der Waals surface area contributed by atoms with Crippen molar-refractivity contribution < 1.29 is 19.7 Å². The summed E-state index contributed by atoms with van der Waals surface area (Å²) in [4.78, 5) is 0. The van der Waals surface area contributed by atoms with Gasteiger partial charge in [-0.2, -0.15) is 0 Å². The lowest BCUT2D eigenvalue weighted by molar-refractivity contribution is -0.0905. The van der Waals surface area contributed by atoms with Gasteiger partial charge >= 0.3 is 0 Å². The number of aliphatic hydroxyl groups is 2. The lowest BCUT2D eigenvalue weighted by Gasteiger charge is -2.33. The Bertz CT molecular complexity index is 558. The zero-order valence-electron chi connectivity index (χ0n) is 16.3. The van der Waals surface area contributed by atoms with E-state index in [9.17, 15) is 10.2 Å². The minimum Gasteiger partial charge on any atom is -0.390 e. The molecule has 4 atom stereocenters. The number of allylic oxidation sites excluding steroid dienone is 1. The van der Waals surface area contributed by atoms with Crippen molar-refractivity contribution in [2.24, 2.45) is 0 Å². The average Bonchev–Trinajstić information content (AvgIpc) is 2.89. The van der Waals surface area contributed by atoms with Crippen LogP contribution < -0.4 is 0 Å². The van der Waals surface area contributed by atoms with E-state index in [0.29, 0.717) is 25.9 Å². The van der Waals surface area contributed by atoms with Crippen molar-refractivity contribution in [1.82, 2.24) is 0 Å². The van der Waals surface area contributed by atoms with Gasteiger partial charge < -0.3 is 19.7 Å². The third-order valence-corrected chi connectivity index (χ3v) is 5.69. The predicted octanol–water partition coefficient (Wildman–Crippen LogP) is 3.69. The van der Waals surface area contributed by atoms with Gasteiger partial charge in [0.15, 0.2) is 0 Å². The number of hydrogen-bond donors (Lipinski definition) is 2. The molecule has 4 heteroatoms. The maximum Gasteiger partial charge on any atom is 0.0977 e. The van der Waals surface area contributed by atoms with E-state index in [4.69, 9.17) is 9.47 Å². The fraction of sp³-hybridized carbons (Fsp3) is 0.714. The quantitative estimate of drug-likeness (QED) is 0.708. The molecule has 0 aromatic carbocycles. The lowest BCUT2D eigenvalue weighted by atomic mass is 9.87. The molecule has 0 bridgehead atoms. The molecule has 4 nitrogen and oxygen atoms in total. The van der Waals surface area contributed by atoms with E-state index >= 15 is 0 Å². The van der Waals surface area contributed by atoms with Crippen molar-refractivity contribution in [3.05, 3.63) is 34.9 Å². The Morgan fingerprint density at radius 3 is 2.64 bits per heavy atom. The Morgan fingerprint density at radius 2 is 1.96 bits per heavy atom. The van der Waals surface area contributed by atoms with Crippen LogP contribution >= 0.6 is 0 Å². The van der Waals surface area contributed by atoms with E-state index in [-0.39, 0.29) is 6.10 Å². The van der Waals surface area contributed by atoms with Gasteiger partial charge in [0, 0.05) is 7.11 Å². The maximum atomic E-state index is 10.7. The number of fused-ring (bicyclic) bond motifs is 1. The van der Waals surface area contributed by atoms with Crippen molar-refractivity contribution >= 4 is 0 Å². The van der Waals surface area contributed by atoms with Crippen LogP contribution in [0.3, 0.4) is 0 Å². The molecule has 0 amide bonds. The molecule has 2 aliphatic rings. The molecule has 0 radical (unpaired) electrons. The lowest BCUT2D eigenvalue weighted by Crippen LogP contribution is -2.41. The zero-order valence-corrected chi connectivity index (χ0v) is 16.3. The highest BCUT2D eigenvalue weighted by molar-refractivity contribution is 5.28. The summed E-state index contributed by atoms with van der Waals surface area (Å²) in [6, 6.07) is 0. The second-order valence-corrected chi connectivity index (χ2v) is 8.09. The summed E-state index contributed by atoms with van der Waals surface area (Å²) in [5, 5.41) is 21.3. The summed E-state index contributed by atoms with van der Waals surface area (Å²) in [6.07, 6.45) is 8.85. The normalized spacial score (nSPS) is 41.6. The fourth-order valence-electron chi connectivity index (χ4n) is 3.54. The van der Waals surface area contributed by atoms with E-state index in [1.165, 1.54) is 16.7 Å². The summed E-state index contributed by atoms with van der Waals surface area (Å²) in [5.41, 5.74) is 2.24. The molecular formula is C21H34O4. The van der Waals surface area contributed by atoms with E-state index in [1.807, 2.05) is 26.0 Å². The highest BCUT2D eigenvalue weighted by Crippen LogP contribution is 2.32. The first kappa shape index (κ1) is 20.4. The first-order valence-corrected chi connectivity index (χ1v) is 9.27. The first-order chi connectivity index (χ1) is 11.7. The fourth-order valence-corrected chi connectivity index (χ4v) is 3.54. The van der Waals surface area contributed by atoms with Crippen LogP contribution in [-0.4, -0.2) is 47.3 Å². The van der Waals surface area contributed by atoms with Crippen molar-refractivity contribution in [3.8, 4) is 0 Å². The first-order valence-electron chi connectivity index (χ1n) is 9.27. The molecule has 0 saturated carbocycles. The molecule has 1 aliphatic carbocycles. The van der Waals surface area contributed by atoms with Crippen LogP contribution in [0.5, 0.6) is 0 Å². The number of aliphatic hydroxyl groups excluding tert-OH is 1. The van der Waals surface area contributed by atoms with Crippen molar-refractivity contribution in [2.75, 3.05) is 13.7 Å². The van der Waals surface area contributed by atoms with Gasteiger partial charge in [-0.25, -0.2) is 0 Å². The summed E-state index contributed by atoms with van der Waals surface area (Å²) in [6.45, 7) is 8.61. The standard InChI is InChI=1S/C21H34O4/c1-15-7-8-19(22)21(4,24-5)11-6-10-20(3,23)12-9-17-16(2)14-25-18(17)13-15/h6,10,13,18-19,22-23H,7-9,11-12,14H2,1-5H3/b10-6+,15-13+/t18-,19-,20-,21+/m1/s1. The largest absolute Gasteiger partial charge is 0.390 e. The molecule has 25 heavy (non-hydrogen) atoms. The van der Waals surface area contributed by atoms with Crippen LogP contribution in [0.4, 0.5) is 0 Å². The van der Waals surface area contributed by atoms with Gasteiger partial charge in [0.2, 0.25) is 0 Å². The third-order valence-electron chi connectivity index (χ3n) is 5.69. The highest BCUT2D eigenvalue weighted by atomic mass is 16.5. The van der Waals surface area contributed by atoms with Crippen LogP contribution in [0.2, 0.25) is 0 Å². The minimum absolute atomic E-state index is 0.00586. The molecule has 1 aliphatic heterocycles. The average molecular weight is 350 g/mol. The smallest absolute Gasteiger partial charge is 0.0977 e. The molecule has 0 saturated heterocycles. The molecule has 0 unspecified atom stereocenters. The molecule has 1 heterocycles. The molecule has 2 rings (SSSR count). The number of hydrogen-bond acceptors (Lipinski definition) is 4. The van der Waals surface area contributed by atoms with Crippen molar-refractivity contribution in [2.45, 2.75) is 83.2 Å². The van der Waals surface area contributed by atoms with Gasteiger partial charge in [-0.1, -0.05) is 23.8 Å². The van der Waals surface area contributed by atoms with Crippen LogP contribution in [-0.2, 0) is 9.47 Å². The monoisotopic (exact) mass is 350 g/mol. The van der Waals surface area contributed by atoms with Gasteiger partial charge in [0.05, 0.1) is 30.0 Å². The van der Waals surface area contributed by atoms with Crippen LogP contribution in [0.25, 0.3) is 0 Å². The Balaban J connectivity index is 2.28. The summed E-state index contributed by atoms with van der Waals surface area (Å²) >= 11 is 0. The van der Waals surface area contributed by atoms with Crippen molar-refractivity contribution in [3.63, 3.8) is 0 Å². The van der Waals surface area contributed by atoms with Gasteiger partial charge in [-0.3, -0.25) is 0 Å². The molecule has 0 aromatic heterocycles. The SMILES string of the molecule is CO[C@@]1(C)C/C=C/[C@@](C)(O)CCC2=C(C)CO[C@@H]2/C=C(\C)CC[C@H]1O. The van der Waals surface area contributed by atoms with Crippen LogP contribution in [0.1, 0.15) is 59.8 Å². The molecule has 142 valence electrons. The summed E-state index contributed by atoms with van der Waals surface area (Å²) in [5.74, 6) is 0. The van der Waals surface area contributed by atoms with Crippen molar-refractivity contribution in [1.29, 1.82) is 0 Å². The van der Waals surface area contributed by atoms with Gasteiger partial charge in [-0.05, 0) is 70.9 Å². The third kappa shape index (κ3) is 5.27. The second-order valence-electron chi connectivity index (χ2n) is 8.09. The molecule has 0 spiro atoms.